The maximum absolute atomic E-state index is 6.44. The summed E-state index contributed by atoms with van der Waals surface area (Å²) in [6.45, 7) is 16.4. The SMILES string of the molecule is CC1(C)OB(C(B2OC(C)(C)C(C)(C)O2)c2coc3ccc(Br)cc23)OC1(C)C. The van der Waals surface area contributed by atoms with Crippen molar-refractivity contribution in [3.05, 3.63) is 34.5 Å². The lowest BCUT2D eigenvalue weighted by Gasteiger charge is -2.32. The van der Waals surface area contributed by atoms with Crippen molar-refractivity contribution in [3.8, 4) is 0 Å². The quantitative estimate of drug-likeness (QED) is 0.560. The maximum atomic E-state index is 6.44. The zero-order valence-electron chi connectivity index (χ0n) is 18.5. The molecule has 0 radical (unpaired) electrons. The van der Waals surface area contributed by atoms with Gasteiger partial charge >= 0.3 is 14.2 Å². The Morgan fingerprint density at radius 2 is 1.21 bits per heavy atom. The zero-order chi connectivity index (χ0) is 21.4. The Morgan fingerprint density at radius 3 is 1.66 bits per heavy atom. The molecule has 156 valence electrons. The number of halogens is 1. The summed E-state index contributed by atoms with van der Waals surface area (Å²) in [5.41, 5.74) is -0.384. The van der Waals surface area contributed by atoms with Crippen LogP contribution in [-0.2, 0) is 18.6 Å². The average Bonchev–Trinajstić information content (AvgIpc) is 3.11. The van der Waals surface area contributed by atoms with Crippen LogP contribution in [0.15, 0.2) is 33.4 Å². The van der Waals surface area contributed by atoms with Gasteiger partial charge in [0.2, 0.25) is 0 Å². The van der Waals surface area contributed by atoms with E-state index in [1.165, 1.54) is 0 Å². The summed E-state index contributed by atoms with van der Waals surface area (Å²) in [6.07, 6.45) is 1.78. The Labute approximate surface area is 182 Å². The fourth-order valence-electron chi connectivity index (χ4n) is 3.77. The van der Waals surface area contributed by atoms with Crippen molar-refractivity contribution in [1.82, 2.24) is 0 Å². The lowest BCUT2D eigenvalue weighted by atomic mass is 9.49. The van der Waals surface area contributed by atoms with E-state index in [1.54, 1.807) is 6.26 Å². The van der Waals surface area contributed by atoms with Crippen LogP contribution < -0.4 is 0 Å². The fraction of sp³-hybridized carbons (Fsp3) is 0.619. The van der Waals surface area contributed by atoms with Gasteiger partial charge in [0.25, 0.3) is 0 Å². The van der Waals surface area contributed by atoms with Gasteiger partial charge in [0.05, 0.1) is 34.4 Å². The summed E-state index contributed by atoms with van der Waals surface area (Å²) < 4.78 is 32.6. The van der Waals surface area contributed by atoms with Gasteiger partial charge < -0.3 is 23.0 Å². The van der Waals surface area contributed by atoms with Crippen LogP contribution >= 0.6 is 15.9 Å². The molecule has 1 aromatic heterocycles. The van der Waals surface area contributed by atoms with Crippen LogP contribution in [0.3, 0.4) is 0 Å². The van der Waals surface area contributed by atoms with Crippen molar-refractivity contribution >= 4 is 41.1 Å². The van der Waals surface area contributed by atoms with Gasteiger partial charge in [-0.05, 0) is 79.2 Å². The van der Waals surface area contributed by atoms with Crippen molar-refractivity contribution in [3.63, 3.8) is 0 Å². The van der Waals surface area contributed by atoms with Gasteiger partial charge in [-0.1, -0.05) is 15.9 Å². The van der Waals surface area contributed by atoms with Crippen LogP contribution in [0.25, 0.3) is 11.0 Å². The molecular weight excluding hydrogens is 434 g/mol. The number of furan rings is 1. The predicted octanol–water partition coefficient (Wildman–Crippen LogP) is 5.54. The first-order chi connectivity index (χ1) is 13.2. The molecule has 2 aliphatic heterocycles. The van der Waals surface area contributed by atoms with Gasteiger partial charge in [0.15, 0.2) is 0 Å². The summed E-state index contributed by atoms with van der Waals surface area (Å²) in [4.78, 5) is 0. The van der Waals surface area contributed by atoms with E-state index >= 15 is 0 Å². The molecule has 0 saturated carbocycles. The number of rotatable bonds is 3. The molecule has 4 rings (SSSR count). The van der Waals surface area contributed by atoms with E-state index in [9.17, 15) is 0 Å². The minimum Gasteiger partial charge on any atom is -0.464 e. The summed E-state index contributed by atoms with van der Waals surface area (Å²) in [5.74, 6) is 0. The molecular formula is C21H29B2BrO5. The first-order valence-corrected chi connectivity index (χ1v) is 10.9. The van der Waals surface area contributed by atoms with Crippen molar-refractivity contribution < 1.29 is 23.0 Å². The van der Waals surface area contributed by atoms with Crippen LogP contribution in [0.2, 0.25) is 0 Å². The molecule has 2 aliphatic rings. The highest BCUT2D eigenvalue weighted by atomic mass is 79.9. The molecule has 0 atom stereocenters. The molecule has 0 N–H and O–H groups in total. The van der Waals surface area contributed by atoms with Gasteiger partial charge in [0, 0.05) is 9.86 Å². The Kier molecular flexibility index (Phi) is 4.88. The van der Waals surface area contributed by atoms with Gasteiger partial charge in [-0.25, -0.2) is 0 Å². The van der Waals surface area contributed by atoms with Crippen LogP contribution in [0, 0.1) is 0 Å². The van der Waals surface area contributed by atoms with Gasteiger partial charge in [-0.2, -0.15) is 0 Å². The molecule has 29 heavy (non-hydrogen) atoms. The molecule has 2 saturated heterocycles. The molecule has 0 aliphatic carbocycles. The van der Waals surface area contributed by atoms with Gasteiger partial charge in [-0.3, -0.25) is 0 Å². The number of fused-ring (bicyclic) bond motifs is 1. The molecule has 5 nitrogen and oxygen atoms in total. The smallest absolute Gasteiger partial charge is 0.463 e. The second-order valence-electron chi connectivity index (χ2n) is 10.1. The van der Waals surface area contributed by atoms with Crippen LogP contribution in [0.1, 0.15) is 66.7 Å². The molecule has 0 unspecified atom stereocenters. The Hall–Kier alpha value is -0.790. The third kappa shape index (κ3) is 3.41. The lowest BCUT2D eigenvalue weighted by molar-refractivity contribution is 0.00578. The van der Waals surface area contributed by atoms with E-state index in [-0.39, 0.29) is 5.72 Å². The first-order valence-electron chi connectivity index (χ1n) is 10.1. The number of hydrogen-bond acceptors (Lipinski definition) is 5. The van der Waals surface area contributed by atoms with Crippen LogP contribution in [0.4, 0.5) is 0 Å². The third-order valence-electron chi connectivity index (χ3n) is 7.05. The highest BCUT2D eigenvalue weighted by molar-refractivity contribution is 9.10. The Balaban J connectivity index is 1.81. The van der Waals surface area contributed by atoms with Crippen molar-refractivity contribution in [2.75, 3.05) is 0 Å². The first kappa shape index (κ1) is 21.4. The molecule has 0 bridgehead atoms. The number of benzene rings is 1. The standard InChI is InChI=1S/C21H29B2BrO5/c1-18(2)19(3,4)27-22(26-18)17(23-28-20(5,6)21(7,8)29-23)15-12-25-16-10-9-13(24)11-14(15)16/h9-12,17H,1-8H3. The van der Waals surface area contributed by atoms with E-state index in [0.717, 1.165) is 21.0 Å². The van der Waals surface area contributed by atoms with Crippen molar-refractivity contribution in [2.45, 2.75) is 83.5 Å². The predicted molar refractivity (Wildman–Crippen MR) is 119 cm³/mol. The van der Waals surface area contributed by atoms with E-state index in [1.807, 2.05) is 12.1 Å². The summed E-state index contributed by atoms with van der Waals surface area (Å²) in [6, 6.07) is 5.97. The van der Waals surface area contributed by atoms with Crippen molar-refractivity contribution in [1.29, 1.82) is 0 Å². The fourth-order valence-corrected chi connectivity index (χ4v) is 4.13. The van der Waals surface area contributed by atoms with Gasteiger partial charge in [0.1, 0.15) is 5.58 Å². The minimum absolute atomic E-state index is 0.312. The van der Waals surface area contributed by atoms with Crippen LogP contribution in [-0.4, -0.2) is 36.6 Å². The summed E-state index contributed by atoms with van der Waals surface area (Å²) >= 11 is 3.57. The zero-order valence-corrected chi connectivity index (χ0v) is 20.0. The largest absolute Gasteiger partial charge is 0.464 e. The van der Waals surface area contributed by atoms with Crippen LogP contribution in [0.5, 0.6) is 0 Å². The third-order valence-corrected chi connectivity index (χ3v) is 7.55. The highest BCUT2D eigenvalue weighted by Crippen LogP contribution is 2.47. The van der Waals surface area contributed by atoms with E-state index in [4.69, 9.17) is 23.0 Å². The second kappa shape index (κ2) is 6.60. The molecule has 1 aromatic carbocycles. The maximum Gasteiger partial charge on any atom is 0.463 e. The average molecular weight is 463 g/mol. The van der Waals surface area contributed by atoms with Gasteiger partial charge in [-0.15, -0.1) is 0 Å². The highest BCUT2D eigenvalue weighted by Gasteiger charge is 2.62. The Morgan fingerprint density at radius 1 is 0.759 bits per heavy atom. The van der Waals surface area contributed by atoms with E-state index in [2.05, 4.69) is 77.4 Å². The molecule has 3 heterocycles. The summed E-state index contributed by atoms with van der Waals surface area (Å²) in [7, 11) is -1.07. The topological polar surface area (TPSA) is 50.1 Å². The number of hydrogen-bond donors (Lipinski definition) is 0. The Bertz CT molecular complexity index is 868. The molecule has 8 heteroatoms. The molecule has 0 amide bonds. The van der Waals surface area contributed by atoms with E-state index < -0.39 is 36.6 Å². The summed E-state index contributed by atoms with van der Waals surface area (Å²) in [5, 5.41) is 0.994. The molecule has 2 fully saturated rings. The molecule has 0 spiro atoms. The second-order valence-corrected chi connectivity index (χ2v) is 11.0. The monoisotopic (exact) mass is 462 g/mol. The normalized spacial score (nSPS) is 24.8. The lowest BCUT2D eigenvalue weighted by Crippen LogP contribution is -2.41. The van der Waals surface area contributed by atoms with E-state index in [0.29, 0.717) is 0 Å². The minimum atomic E-state index is -0.533. The molecule has 2 aromatic rings. The van der Waals surface area contributed by atoms with Crippen molar-refractivity contribution in [2.24, 2.45) is 0 Å².